The van der Waals surface area contributed by atoms with E-state index in [1.807, 2.05) is 30.3 Å². The van der Waals surface area contributed by atoms with Crippen LogP contribution in [0.4, 0.5) is 10.1 Å². The molecule has 8 heteroatoms. The van der Waals surface area contributed by atoms with Gasteiger partial charge < -0.3 is 15.4 Å². The minimum absolute atomic E-state index is 0.0917. The smallest absolute Gasteiger partial charge is 0.257 e. The molecule has 0 bridgehead atoms. The first-order valence-electron chi connectivity index (χ1n) is 9.14. The first kappa shape index (κ1) is 21.3. The summed E-state index contributed by atoms with van der Waals surface area (Å²) in [6.45, 7) is 0.384. The van der Waals surface area contributed by atoms with Crippen molar-refractivity contribution in [2.24, 2.45) is 0 Å². The fraction of sp³-hybridized carbons (Fsp3) is 0.136. The van der Waals surface area contributed by atoms with Crippen molar-refractivity contribution in [1.29, 1.82) is 0 Å². The maximum Gasteiger partial charge on any atom is 0.257 e. The second-order valence-corrected chi connectivity index (χ2v) is 7.27. The summed E-state index contributed by atoms with van der Waals surface area (Å²) in [6.07, 6.45) is 1.51. The first-order chi connectivity index (χ1) is 14.6. The van der Waals surface area contributed by atoms with Crippen LogP contribution in [0.5, 0.6) is 5.75 Å². The Balaban J connectivity index is 1.44. The molecule has 3 rings (SSSR count). The van der Waals surface area contributed by atoms with Crippen LogP contribution in [0.25, 0.3) is 0 Å². The van der Waals surface area contributed by atoms with Crippen LogP contribution in [0.1, 0.15) is 20.7 Å². The van der Waals surface area contributed by atoms with Gasteiger partial charge in [0.05, 0.1) is 17.7 Å². The summed E-state index contributed by atoms with van der Waals surface area (Å²) in [5.41, 5.74) is 1.40. The Morgan fingerprint density at radius 3 is 2.47 bits per heavy atom. The highest BCUT2D eigenvalue weighted by Gasteiger charge is 2.10. The summed E-state index contributed by atoms with van der Waals surface area (Å²) in [5, 5.41) is 6.27. The summed E-state index contributed by atoms with van der Waals surface area (Å²) in [7, 11) is 1.37. The van der Waals surface area contributed by atoms with Crippen LogP contribution in [0.3, 0.4) is 0 Å². The summed E-state index contributed by atoms with van der Waals surface area (Å²) >= 11 is 1.44. The van der Waals surface area contributed by atoms with Crippen LogP contribution in [0.2, 0.25) is 0 Å². The maximum absolute atomic E-state index is 13.7. The van der Waals surface area contributed by atoms with Gasteiger partial charge in [0.1, 0.15) is 0 Å². The number of amides is 2. The van der Waals surface area contributed by atoms with Gasteiger partial charge in [-0.15, -0.1) is 11.8 Å². The van der Waals surface area contributed by atoms with Crippen molar-refractivity contribution in [2.45, 2.75) is 5.03 Å². The molecule has 30 heavy (non-hydrogen) atoms. The second-order valence-electron chi connectivity index (χ2n) is 6.16. The average Bonchev–Trinajstić information content (AvgIpc) is 2.77. The number of aromatic nitrogens is 1. The fourth-order valence-corrected chi connectivity index (χ4v) is 3.26. The zero-order chi connectivity index (χ0) is 21.3. The van der Waals surface area contributed by atoms with Crippen LogP contribution in [0, 0.1) is 5.82 Å². The fourth-order valence-electron chi connectivity index (χ4n) is 2.55. The Kier molecular flexibility index (Phi) is 7.40. The molecule has 0 atom stereocenters. The number of hydrogen-bond acceptors (Lipinski definition) is 5. The van der Waals surface area contributed by atoms with Crippen molar-refractivity contribution < 1.29 is 18.7 Å². The van der Waals surface area contributed by atoms with E-state index >= 15 is 0 Å². The Bertz CT molecular complexity index is 1010. The molecule has 1 heterocycles. The largest absolute Gasteiger partial charge is 0.494 e. The van der Waals surface area contributed by atoms with Gasteiger partial charge in [-0.3, -0.25) is 9.59 Å². The molecule has 0 saturated heterocycles. The van der Waals surface area contributed by atoms with E-state index in [0.717, 1.165) is 11.1 Å². The monoisotopic (exact) mass is 425 g/mol. The highest BCUT2D eigenvalue weighted by molar-refractivity contribution is 7.99. The molecule has 2 aromatic carbocycles. The van der Waals surface area contributed by atoms with Gasteiger partial charge >= 0.3 is 0 Å². The summed E-state index contributed by atoms with van der Waals surface area (Å²) in [5.74, 6) is -0.510. The molecular weight excluding hydrogens is 405 g/mol. The summed E-state index contributed by atoms with van der Waals surface area (Å²) in [6, 6.07) is 16.7. The molecule has 0 aliphatic heterocycles. The van der Waals surface area contributed by atoms with Gasteiger partial charge in [0.15, 0.2) is 11.6 Å². The molecule has 0 fully saturated rings. The van der Waals surface area contributed by atoms with Crippen molar-refractivity contribution in [1.82, 2.24) is 10.3 Å². The number of ether oxygens (including phenoxy) is 1. The number of benzene rings is 2. The average molecular weight is 425 g/mol. The highest BCUT2D eigenvalue weighted by Crippen LogP contribution is 2.18. The number of rotatable bonds is 8. The van der Waals surface area contributed by atoms with Gasteiger partial charge in [-0.25, -0.2) is 9.37 Å². The normalized spacial score (nSPS) is 10.3. The molecule has 0 radical (unpaired) electrons. The van der Waals surface area contributed by atoms with Crippen LogP contribution < -0.4 is 15.4 Å². The molecule has 2 N–H and O–H groups in total. The van der Waals surface area contributed by atoms with Crippen molar-refractivity contribution in [2.75, 3.05) is 24.7 Å². The van der Waals surface area contributed by atoms with E-state index in [9.17, 15) is 14.0 Å². The SMILES string of the molecule is COc1ccc(C(=O)NCCSc2ccc(C(=O)Nc3ccccc3)cn2)cc1F. The Morgan fingerprint density at radius 1 is 1.03 bits per heavy atom. The molecular formula is C22H20FN3O3S. The predicted molar refractivity (Wildman–Crippen MR) is 115 cm³/mol. The molecule has 1 aromatic heterocycles. The topological polar surface area (TPSA) is 80.3 Å². The second kappa shape index (κ2) is 10.4. The Labute approximate surface area is 177 Å². The van der Waals surface area contributed by atoms with Crippen LogP contribution in [-0.4, -0.2) is 36.2 Å². The van der Waals surface area contributed by atoms with Crippen molar-refractivity contribution in [3.8, 4) is 5.75 Å². The van der Waals surface area contributed by atoms with E-state index in [-0.39, 0.29) is 23.1 Å². The van der Waals surface area contributed by atoms with E-state index in [1.54, 1.807) is 12.1 Å². The third kappa shape index (κ3) is 5.81. The maximum atomic E-state index is 13.7. The van der Waals surface area contributed by atoms with Gasteiger partial charge in [0.2, 0.25) is 0 Å². The van der Waals surface area contributed by atoms with E-state index in [4.69, 9.17) is 4.74 Å². The van der Waals surface area contributed by atoms with Crippen molar-refractivity contribution in [3.63, 3.8) is 0 Å². The zero-order valence-electron chi connectivity index (χ0n) is 16.2. The number of thioether (sulfide) groups is 1. The number of nitrogens with one attached hydrogen (secondary N) is 2. The van der Waals surface area contributed by atoms with Crippen LogP contribution in [0.15, 0.2) is 71.9 Å². The summed E-state index contributed by atoms with van der Waals surface area (Å²) < 4.78 is 18.5. The number of pyridine rings is 1. The predicted octanol–water partition coefficient (Wildman–Crippen LogP) is 4.00. The minimum atomic E-state index is -0.583. The van der Waals surface area contributed by atoms with Gasteiger partial charge in [0.25, 0.3) is 11.8 Å². The number of para-hydroxylation sites is 1. The van der Waals surface area contributed by atoms with Crippen LogP contribution in [-0.2, 0) is 0 Å². The van der Waals surface area contributed by atoms with Gasteiger partial charge in [-0.1, -0.05) is 18.2 Å². The first-order valence-corrected chi connectivity index (χ1v) is 10.1. The third-order valence-electron chi connectivity index (χ3n) is 4.08. The zero-order valence-corrected chi connectivity index (χ0v) is 17.0. The molecule has 154 valence electrons. The number of methoxy groups -OCH3 is 1. The molecule has 0 aliphatic carbocycles. The number of carbonyl (C=O) groups excluding carboxylic acids is 2. The Morgan fingerprint density at radius 2 is 1.80 bits per heavy atom. The minimum Gasteiger partial charge on any atom is -0.494 e. The lowest BCUT2D eigenvalue weighted by Gasteiger charge is -2.07. The van der Waals surface area contributed by atoms with Crippen LogP contribution >= 0.6 is 11.8 Å². The van der Waals surface area contributed by atoms with E-state index < -0.39 is 5.82 Å². The quantitative estimate of drug-likeness (QED) is 0.421. The van der Waals surface area contributed by atoms with E-state index in [0.29, 0.717) is 23.5 Å². The number of carbonyl (C=O) groups is 2. The molecule has 6 nitrogen and oxygen atoms in total. The van der Waals surface area contributed by atoms with E-state index in [2.05, 4.69) is 15.6 Å². The lowest BCUT2D eigenvalue weighted by molar-refractivity contribution is 0.0954. The number of halogens is 1. The van der Waals surface area contributed by atoms with E-state index in [1.165, 1.54) is 37.2 Å². The van der Waals surface area contributed by atoms with Crippen molar-refractivity contribution in [3.05, 3.63) is 83.8 Å². The molecule has 0 spiro atoms. The number of hydrogen-bond donors (Lipinski definition) is 2. The lowest BCUT2D eigenvalue weighted by atomic mass is 10.2. The molecule has 0 aliphatic rings. The molecule has 3 aromatic rings. The third-order valence-corrected chi connectivity index (χ3v) is 5.03. The Hall–Kier alpha value is -3.39. The summed E-state index contributed by atoms with van der Waals surface area (Å²) in [4.78, 5) is 28.6. The molecule has 0 unspecified atom stereocenters. The standard InChI is InChI=1S/C22H20FN3O3S/c1-29-19-9-7-15(13-18(19)23)21(27)24-11-12-30-20-10-8-16(14-25-20)22(28)26-17-5-3-2-4-6-17/h2-10,13-14H,11-12H2,1H3,(H,24,27)(H,26,28). The lowest BCUT2D eigenvalue weighted by Crippen LogP contribution is -2.25. The highest BCUT2D eigenvalue weighted by atomic mass is 32.2. The number of nitrogens with zero attached hydrogens (tertiary/aromatic N) is 1. The van der Waals surface area contributed by atoms with Gasteiger partial charge in [-0.05, 0) is 42.5 Å². The van der Waals surface area contributed by atoms with Gasteiger partial charge in [0, 0.05) is 29.7 Å². The van der Waals surface area contributed by atoms with Crippen molar-refractivity contribution >= 4 is 29.3 Å². The van der Waals surface area contributed by atoms with Gasteiger partial charge in [-0.2, -0.15) is 0 Å². The number of anilines is 1. The molecule has 0 saturated carbocycles. The molecule has 2 amide bonds.